The lowest BCUT2D eigenvalue weighted by Gasteiger charge is -2.46. The molecule has 0 fully saturated rings. The summed E-state index contributed by atoms with van der Waals surface area (Å²) in [6.45, 7) is 7.13. The van der Waals surface area contributed by atoms with Gasteiger partial charge in [-0.1, -0.05) is 0 Å². The molecule has 0 aromatic heterocycles. The molecule has 4 heteroatoms. The van der Waals surface area contributed by atoms with Crippen molar-refractivity contribution in [3.8, 4) is 11.5 Å². The molecule has 0 spiro atoms. The fourth-order valence-corrected chi connectivity index (χ4v) is 4.03. The number of hydrogen-bond acceptors (Lipinski definition) is 4. The van der Waals surface area contributed by atoms with Crippen LogP contribution in [0.2, 0.25) is 0 Å². The van der Waals surface area contributed by atoms with E-state index >= 15 is 0 Å². The van der Waals surface area contributed by atoms with Crippen LogP contribution in [0.4, 0.5) is 11.4 Å². The van der Waals surface area contributed by atoms with Crippen LogP contribution >= 0.6 is 0 Å². The Morgan fingerprint density at radius 3 is 1.57 bits per heavy atom. The SMILES string of the molecule is COc1cc(C)c2c(c1)CN1CN2Cc2cc(OC)cc(C)c21. The number of fused-ring (bicyclic) bond motifs is 6. The maximum atomic E-state index is 5.45. The number of hydrogen-bond donors (Lipinski definition) is 0. The van der Waals surface area contributed by atoms with Crippen molar-refractivity contribution in [2.75, 3.05) is 30.7 Å². The maximum Gasteiger partial charge on any atom is 0.119 e. The van der Waals surface area contributed by atoms with E-state index in [0.29, 0.717) is 0 Å². The highest BCUT2D eigenvalue weighted by Crippen LogP contribution is 2.43. The van der Waals surface area contributed by atoms with Gasteiger partial charge in [-0.15, -0.1) is 0 Å². The van der Waals surface area contributed by atoms with Crippen LogP contribution in [0, 0.1) is 13.8 Å². The highest BCUT2D eigenvalue weighted by molar-refractivity contribution is 5.73. The summed E-state index contributed by atoms with van der Waals surface area (Å²) < 4.78 is 10.9. The van der Waals surface area contributed by atoms with E-state index in [0.717, 1.165) is 31.3 Å². The number of methoxy groups -OCH3 is 2. The Kier molecular flexibility index (Phi) is 3.15. The molecule has 4 nitrogen and oxygen atoms in total. The van der Waals surface area contributed by atoms with Crippen LogP contribution in [-0.2, 0) is 13.1 Å². The molecule has 0 saturated heterocycles. The van der Waals surface area contributed by atoms with E-state index in [-0.39, 0.29) is 0 Å². The summed E-state index contributed by atoms with van der Waals surface area (Å²) >= 11 is 0. The molecule has 0 saturated carbocycles. The standard InChI is InChI=1S/C19H22N2O2/c1-12-5-16(22-3)7-14-9-21-11-20(18(12)14)10-15-8-17(23-4)6-13(2)19(15)21/h5-8H,9-11H2,1-4H3. The third kappa shape index (κ3) is 2.12. The molecule has 0 N–H and O–H groups in total. The van der Waals surface area contributed by atoms with Crippen molar-refractivity contribution in [1.82, 2.24) is 0 Å². The van der Waals surface area contributed by atoms with Crippen LogP contribution in [0.3, 0.4) is 0 Å². The van der Waals surface area contributed by atoms with Gasteiger partial charge in [-0.3, -0.25) is 0 Å². The lowest BCUT2D eigenvalue weighted by atomic mass is 9.96. The quantitative estimate of drug-likeness (QED) is 0.846. The third-order valence-corrected chi connectivity index (χ3v) is 4.87. The van der Waals surface area contributed by atoms with Crippen molar-refractivity contribution < 1.29 is 9.47 Å². The van der Waals surface area contributed by atoms with Gasteiger partial charge in [0.25, 0.3) is 0 Å². The maximum absolute atomic E-state index is 5.45. The minimum atomic E-state index is 0.921. The fraction of sp³-hybridized carbons (Fsp3) is 0.368. The zero-order chi connectivity index (χ0) is 16.1. The smallest absolute Gasteiger partial charge is 0.119 e. The molecule has 0 unspecified atom stereocenters. The summed E-state index contributed by atoms with van der Waals surface area (Å²) in [7, 11) is 3.47. The minimum Gasteiger partial charge on any atom is -0.497 e. The van der Waals surface area contributed by atoms with Crippen LogP contribution < -0.4 is 19.3 Å². The number of rotatable bonds is 2. The van der Waals surface area contributed by atoms with Crippen molar-refractivity contribution in [1.29, 1.82) is 0 Å². The fourth-order valence-electron chi connectivity index (χ4n) is 4.03. The first-order valence-corrected chi connectivity index (χ1v) is 7.95. The van der Waals surface area contributed by atoms with Crippen molar-refractivity contribution in [3.63, 3.8) is 0 Å². The topological polar surface area (TPSA) is 24.9 Å². The molecule has 2 aliphatic rings. The lowest BCUT2D eigenvalue weighted by molar-refractivity contribution is 0.413. The highest BCUT2D eigenvalue weighted by atomic mass is 16.5. The predicted octanol–water partition coefficient (Wildman–Crippen LogP) is 3.62. The summed E-state index contributed by atoms with van der Waals surface area (Å²) in [5, 5.41) is 0. The molecule has 2 heterocycles. The third-order valence-electron chi connectivity index (χ3n) is 4.87. The van der Waals surface area contributed by atoms with Gasteiger partial charge in [0.15, 0.2) is 0 Å². The Balaban J connectivity index is 1.83. The molecule has 0 atom stereocenters. The summed E-state index contributed by atoms with van der Waals surface area (Å²) in [6.07, 6.45) is 0. The first-order chi connectivity index (χ1) is 11.1. The summed E-state index contributed by atoms with van der Waals surface area (Å²) in [4.78, 5) is 4.91. The monoisotopic (exact) mass is 310 g/mol. The Labute approximate surface area is 137 Å². The van der Waals surface area contributed by atoms with Crippen molar-refractivity contribution >= 4 is 11.4 Å². The van der Waals surface area contributed by atoms with Crippen molar-refractivity contribution in [3.05, 3.63) is 46.5 Å². The number of ether oxygens (including phenoxy) is 2. The minimum absolute atomic E-state index is 0.921. The van der Waals surface area contributed by atoms with Crippen LogP contribution in [-0.4, -0.2) is 20.9 Å². The zero-order valence-corrected chi connectivity index (χ0v) is 14.1. The van der Waals surface area contributed by atoms with E-state index in [2.05, 4.69) is 47.9 Å². The molecule has 4 rings (SSSR count). The molecular weight excluding hydrogens is 288 g/mol. The Morgan fingerprint density at radius 1 is 0.739 bits per heavy atom. The molecule has 120 valence electrons. The number of nitrogens with zero attached hydrogens (tertiary/aromatic N) is 2. The van der Waals surface area contributed by atoms with E-state index in [1.165, 1.54) is 33.6 Å². The van der Waals surface area contributed by atoms with Gasteiger partial charge in [0, 0.05) is 24.5 Å². The molecule has 23 heavy (non-hydrogen) atoms. The molecule has 0 amide bonds. The van der Waals surface area contributed by atoms with Gasteiger partial charge in [0.1, 0.15) is 11.5 Å². The summed E-state index contributed by atoms with van der Waals surface area (Å²) in [5.41, 5.74) is 7.95. The molecule has 2 aromatic rings. The number of benzene rings is 2. The van der Waals surface area contributed by atoms with Crippen LogP contribution in [0.15, 0.2) is 24.3 Å². The van der Waals surface area contributed by atoms with Gasteiger partial charge in [0.2, 0.25) is 0 Å². The van der Waals surface area contributed by atoms with Crippen LogP contribution in [0.5, 0.6) is 11.5 Å². The molecule has 0 radical (unpaired) electrons. The largest absolute Gasteiger partial charge is 0.497 e. The lowest BCUT2D eigenvalue weighted by Crippen LogP contribution is -2.46. The Hall–Kier alpha value is -2.36. The van der Waals surface area contributed by atoms with E-state index in [1.54, 1.807) is 14.2 Å². The van der Waals surface area contributed by atoms with E-state index in [1.807, 2.05) is 0 Å². The van der Waals surface area contributed by atoms with Gasteiger partial charge in [-0.25, -0.2) is 0 Å². The van der Waals surface area contributed by atoms with Crippen LogP contribution in [0.1, 0.15) is 22.3 Å². The Bertz CT molecular complexity index is 720. The van der Waals surface area contributed by atoms with Crippen molar-refractivity contribution in [2.45, 2.75) is 26.9 Å². The van der Waals surface area contributed by atoms with E-state index < -0.39 is 0 Å². The molecule has 2 aliphatic heterocycles. The van der Waals surface area contributed by atoms with Crippen LogP contribution in [0.25, 0.3) is 0 Å². The van der Waals surface area contributed by atoms with Gasteiger partial charge in [-0.2, -0.15) is 0 Å². The number of aryl methyl sites for hydroxylation is 2. The number of anilines is 2. The van der Waals surface area contributed by atoms with Gasteiger partial charge in [0.05, 0.1) is 20.9 Å². The zero-order valence-electron chi connectivity index (χ0n) is 14.1. The normalized spacial score (nSPS) is 15.1. The average Bonchev–Trinajstić information content (AvgIpc) is 2.53. The van der Waals surface area contributed by atoms with E-state index in [4.69, 9.17) is 9.47 Å². The average molecular weight is 310 g/mol. The van der Waals surface area contributed by atoms with Gasteiger partial charge >= 0.3 is 0 Å². The predicted molar refractivity (Wildman–Crippen MR) is 92.7 cm³/mol. The molecule has 2 aromatic carbocycles. The Morgan fingerprint density at radius 2 is 1.17 bits per heavy atom. The first-order valence-electron chi connectivity index (χ1n) is 7.95. The summed E-state index contributed by atoms with van der Waals surface area (Å²) in [6, 6.07) is 8.60. The second-order valence-electron chi connectivity index (χ2n) is 6.44. The van der Waals surface area contributed by atoms with E-state index in [9.17, 15) is 0 Å². The molecule has 0 aliphatic carbocycles. The second kappa shape index (κ2) is 5.08. The molecule has 2 bridgehead atoms. The molecular formula is C19H22N2O2. The van der Waals surface area contributed by atoms with Gasteiger partial charge < -0.3 is 19.3 Å². The van der Waals surface area contributed by atoms with Crippen molar-refractivity contribution in [2.24, 2.45) is 0 Å². The van der Waals surface area contributed by atoms with Gasteiger partial charge in [-0.05, 0) is 60.4 Å². The first kappa shape index (κ1) is 14.2. The highest BCUT2D eigenvalue weighted by Gasteiger charge is 2.32. The summed E-state index contributed by atoms with van der Waals surface area (Å²) in [5.74, 6) is 1.88. The second-order valence-corrected chi connectivity index (χ2v) is 6.44.